The second-order valence-electron chi connectivity index (χ2n) is 5.52. The fourth-order valence-electron chi connectivity index (χ4n) is 2.29. The molecule has 0 aromatic rings. The normalized spacial score (nSPS) is 20.5. The summed E-state index contributed by atoms with van der Waals surface area (Å²) in [6.07, 6.45) is 4.09. The molecule has 0 amide bonds. The molecule has 2 N–H and O–H groups in total. The second-order valence-corrected chi connectivity index (χ2v) is 7.25. The van der Waals surface area contributed by atoms with Crippen LogP contribution in [0, 0.1) is 0 Å². The Bertz CT molecular complexity index is 411. The molecule has 0 atom stereocenters. The molecule has 1 aliphatic rings. The molecule has 0 heterocycles. The Morgan fingerprint density at radius 3 is 2.05 bits per heavy atom. The first-order valence-electron chi connectivity index (χ1n) is 6.71. The first kappa shape index (κ1) is 16.4. The predicted molar refractivity (Wildman–Crippen MR) is 73.0 cm³/mol. The fraction of sp³-hybridized carbons (Fsp3) is 0.917. The number of hydrogen-bond donors (Lipinski definition) is 2. The van der Waals surface area contributed by atoms with Crippen molar-refractivity contribution in [3.63, 3.8) is 0 Å². The lowest BCUT2D eigenvalue weighted by molar-refractivity contribution is -0.144. The summed E-state index contributed by atoms with van der Waals surface area (Å²) < 4.78 is 28.0. The maximum absolute atomic E-state index is 12.2. The molecule has 0 aliphatic heterocycles. The maximum Gasteiger partial charge on any atom is 0.324 e. The van der Waals surface area contributed by atoms with E-state index in [9.17, 15) is 18.3 Å². The molecular weight excluding hydrogens is 268 g/mol. The van der Waals surface area contributed by atoms with E-state index in [1.54, 1.807) is 13.8 Å². The van der Waals surface area contributed by atoms with E-state index in [0.717, 1.165) is 25.7 Å². The first-order chi connectivity index (χ1) is 8.71. The van der Waals surface area contributed by atoms with Gasteiger partial charge in [0, 0.05) is 13.1 Å². The highest BCUT2D eigenvalue weighted by atomic mass is 32.2. The topological polar surface area (TPSA) is 86.7 Å². The molecular formula is C12H24N2O4S. The Morgan fingerprint density at radius 1 is 1.21 bits per heavy atom. The zero-order valence-electron chi connectivity index (χ0n) is 11.8. The van der Waals surface area contributed by atoms with E-state index in [0.29, 0.717) is 12.8 Å². The maximum atomic E-state index is 12.2. The summed E-state index contributed by atoms with van der Waals surface area (Å²) in [5.74, 6) is -1.07. The van der Waals surface area contributed by atoms with Gasteiger partial charge in [-0.2, -0.15) is 17.4 Å². The third-order valence-electron chi connectivity index (χ3n) is 3.80. The molecule has 7 heteroatoms. The summed E-state index contributed by atoms with van der Waals surface area (Å²) in [4.78, 5) is 11.6. The van der Waals surface area contributed by atoms with Crippen molar-refractivity contribution in [2.45, 2.75) is 64.0 Å². The number of carboxylic acids is 1. The van der Waals surface area contributed by atoms with E-state index in [1.807, 2.05) is 0 Å². The smallest absolute Gasteiger partial charge is 0.324 e. The van der Waals surface area contributed by atoms with Crippen LogP contribution < -0.4 is 4.72 Å². The lowest BCUT2D eigenvalue weighted by Gasteiger charge is -2.32. The number of aliphatic carboxylic acids is 1. The van der Waals surface area contributed by atoms with Crippen molar-refractivity contribution < 1.29 is 18.3 Å². The molecule has 0 aromatic carbocycles. The molecule has 1 fully saturated rings. The molecule has 0 spiro atoms. The summed E-state index contributed by atoms with van der Waals surface area (Å²) >= 11 is 0. The van der Waals surface area contributed by atoms with Gasteiger partial charge in [-0.25, -0.2) is 0 Å². The van der Waals surface area contributed by atoms with Crippen LogP contribution >= 0.6 is 0 Å². The van der Waals surface area contributed by atoms with Crippen molar-refractivity contribution in [2.75, 3.05) is 7.05 Å². The van der Waals surface area contributed by atoms with Crippen LogP contribution in [0.3, 0.4) is 0 Å². The minimum Gasteiger partial charge on any atom is -0.480 e. The van der Waals surface area contributed by atoms with E-state index in [2.05, 4.69) is 4.72 Å². The Kier molecular flexibility index (Phi) is 5.34. The quantitative estimate of drug-likeness (QED) is 0.749. The summed E-state index contributed by atoms with van der Waals surface area (Å²) in [7, 11) is -2.32. The minimum absolute atomic E-state index is 0.214. The largest absolute Gasteiger partial charge is 0.480 e. The fourth-order valence-corrected chi connectivity index (χ4v) is 3.77. The Hall–Kier alpha value is -0.660. The number of carbonyl (C=O) groups is 1. The van der Waals surface area contributed by atoms with Crippen LogP contribution in [0.5, 0.6) is 0 Å². The minimum atomic E-state index is -3.78. The highest BCUT2D eigenvalue weighted by Crippen LogP contribution is 2.28. The Labute approximate surface area is 115 Å². The van der Waals surface area contributed by atoms with Gasteiger partial charge in [0.05, 0.1) is 0 Å². The summed E-state index contributed by atoms with van der Waals surface area (Å²) in [6, 6.07) is -0.214. The molecule has 1 saturated carbocycles. The van der Waals surface area contributed by atoms with Crippen LogP contribution in [-0.4, -0.2) is 42.4 Å². The average Bonchev–Trinajstić information content (AvgIpc) is 2.53. The highest BCUT2D eigenvalue weighted by Gasteiger charge is 2.43. The average molecular weight is 292 g/mol. The molecule has 0 aromatic heterocycles. The molecule has 0 bridgehead atoms. The van der Waals surface area contributed by atoms with Gasteiger partial charge in [-0.15, -0.1) is 0 Å². The third-order valence-corrected chi connectivity index (χ3v) is 5.63. The standard InChI is InChI=1S/C12H24N2O4S/c1-10(2)14(3)19(17,18)13-12(11(15)16)8-6-4-5-7-9-12/h10,13H,4-9H2,1-3H3,(H,15,16). The first-order valence-corrected chi connectivity index (χ1v) is 8.16. The predicted octanol–water partition coefficient (Wildman–Crippen LogP) is 1.34. The second kappa shape index (κ2) is 6.19. The van der Waals surface area contributed by atoms with Crippen LogP contribution in [0.1, 0.15) is 52.4 Å². The summed E-state index contributed by atoms with van der Waals surface area (Å²) in [5.41, 5.74) is -1.35. The van der Waals surface area contributed by atoms with E-state index < -0.39 is 21.7 Å². The van der Waals surface area contributed by atoms with E-state index in [1.165, 1.54) is 11.4 Å². The van der Waals surface area contributed by atoms with Crippen molar-refractivity contribution in [1.29, 1.82) is 0 Å². The molecule has 112 valence electrons. The van der Waals surface area contributed by atoms with E-state index >= 15 is 0 Å². The van der Waals surface area contributed by atoms with Crippen molar-refractivity contribution in [3.8, 4) is 0 Å². The van der Waals surface area contributed by atoms with E-state index in [4.69, 9.17) is 0 Å². The van der Waals surface area contributed by atoms with Gasteiger partial charge in [-0.3, -0.25) is 4.79 Å². The number of nitrogens with one attached hydrogen (secondary N) is 1. The van der Waals surface area contributed by atoms with Crippen molar-refractivity contribution in [2.24, 2.45) is 0 Å². The van der Waals surface area contributed by atoms with Gasteiger partial charge in [-0.1, -0.05) is 25.7 Å². The number of nitrogens with zero attached hydrogens (tertiary/aromatic N) is 1. The van der Waals surface area contributed by atoms with E-state index in [-0.39, 0.29) is 6.04 Å². The van der Waals surface area contributed by atoms with Gasteiger partial charge in [0.2, 0.25) is 0 Å². The van der Waals surface area contributed by atoms with Gasteiger partial charge >= 0.3 is 5.97 Å². The molecule has 1 aliphatic carbocycles. The van der Waals surface area contributed by atoms with Gasteiger partial charge in [0.15, 0.2) is 0 Å². The molecule has 19 heavy (non-hydrogen) atoms. The van der Waals surface area contributed by atoms with Gasteiger partial charge < -0.3 is 5.11 Å². The zero-order chi connectivity index (χ0) is 14.7. The van der Waals surface area contributed by atoms with Crippen molar-refractivity contribution in [1.82, 2.24) is 9.03 Å². The SMILES string of the molecule is CC(C)N(C)S(=O)(=O)NC1(C(=O)O)CCCCCC1. The van der Waals surface area contributed by atoms with Crippen LogP contribution in [-0.2, 0) is 15.0 Å². The van der Waals surface area contributed by atoms with Gasteiger partial charge in [0.1, 0.15) is 5.54 Å². The highest BCUT2D eigenvalue weighted by molar-refractivity contribution is 7.87. The molecule has 0 saturated heterocycles. The lowest BCUT2D eigenvalue weighted by Crippen LogP contribution is -2.58. The zero-order valence-corrected chi connectivity index (χ0v) is 12.7. The van der Waals surface area contributed by atoms with Crippen LogP contribution in [0.4, 0.5) is 0 Å². The van der Waals surface area contributed by atoms with Crippen molar-refractivity contribution >= 4 is 16.2 Å². The Morgan fingerprint density at radius 2 is 1.68 bits per heavy atom. The van der Waals surface area contributed by atoms with Crippen LogP contribution in [0.25, 0.3) is 0 Å². The monoisotopic (exact) mass is 292 g/mol. The third kappa shape index (κ3) is 3.90. The Balaban J connectivity index is 2.98. The van der Waals surface area contributed by atoms with Gasteiger partial charge in [0.25, 0.3) is 10.2 Å². The van der Waals surface area contributed by atoms with Crippen LogP contribution in [0.2, 0.25) is 0 Å². The summed E-state index contributed by atoms with van der Waals surface area (Å²) in [6.45, 7) is 3.50. The number of carboxylic acid groups (broad SMARTS) is 1. The number of rotatable bonds is 5. The lowest BCUT2D eigenvalue weighted by atomic mass is 9.92. The summed E-state index contributed by atoms with van der Waals surface area (Å²) in [5, 5.41) is 9.45. The van der Waals surface area contributed by atoms with Crippen LogP contribution in [0.15, 0.2) is 0 Å². The molecule has 1 rings (SSSR count). The molecule has 6 nitrogen and oxygen atoms in total. The van der Waals surface area contributed by atoms with Crippen molar-refractivity contribution in [3.05, 3.63) is 0 Å². The molecule has 0 radical (unpaired) electrons. The van der Waals surface area contributed by atoms with Gasteiger partial charge in [-0.05, 0) is 26.7 Å². The number of hydrogen-bond acceptors (Lipinski definition) is 3. The molecule has 0 unspecified atom stereocenters.